The first-order valence-corrected chi connectivity index (χ1v) is 14.7. The fraction of sp³-hybridized carbons (Fsp3) is 0.379. The number of piperazine rings is 1. The second-order valence-corrected chi connectivity index (χ2v) is 12.8. The van der Waals surface area contributed by atoms with Crippen LogP contribution in [0.5, 0.6) is 5.75 Å². The van der Waals surface area contributed by atoms with Gasteiger partial charge in [0.25, 0.3) is 0 Å². The summed E-state index contributed by atoms with van der Waals surface area (Å²) in [7, 11) is 2.26. The average Bonchev–Trinajstić information content (AvgIpc) is 3.30. The molecular weight excluding hydrogens is 512 g/mol. The monoisotopic (exact) mass is 548 g/mol. The first kappa shape index (κ1) is 27.0. The standard InChI is InChI=1S/C29H36N6O3S/c1-20(2)39(36,37)26-9-7-6-8-23(26)31-29-28-24(12-13-34(28)4)30-27(32-29)18-21-10-11-22(19-25(21)38-5)35-16-14-33(3)15-17-35/h6-13,19-20H,14-18H2,1-5H3,(H,30,31,32). The molecule has 10 heteroatoms. The number of likely N-dealkylation sites (N-methyl/N-ethyl adjacent to an activating group) is 1. The Kier molecular flexibility index (Phi) is 7.51. The number of sulfone groups is 1. The molecule has 206 valence electrons. The molecule has 5 rings (SSSR count). The van der Waals surface area contributed by atoms with E-state index in [0.29, 0.717) is 23.8 Å². The second-order valence-electron chi connectivity index (χ2n) is 10.3. The molecular formula is C29H36N6O3S. The zero-order valence-electron chi connectivity index (χ0n) is 23.2. The second kappa shape index (κ2) is 10.9. The van der Waals surface area contributed by atoms with Gasteiger partial charge >= 0.3 is 0 Å². The number of aryl methyl sites for hydroxylation is 1. The van der Waals surface area contributed by atoms with Crippen molar-refractivity contribution < 1.29 is 13.2 Å². The van der Waals surface area contributed by atoms with E-state index in [0.717, 1.165) is 54.2 Å². The molecule has 4 aromatic rings. The lowest BCUT2D eigenvalue weighted by atomic mass is 10.1. The molecule has 9 nitrogen and oxygen atoms in total. The maximum Gasteiger partial charge on any atom is 0.182 e. The molecule has 0 atom stereocenters. The molecule has 1 aliphatic heterocycles. The van der Waals surface area contributed by atoms with E-state index >= 15 is 0 Å². The number of rotatable bonds is 8. The molecule has 39 heavy (non-hydrogen) atoms. The van der Waals surface area contributed by atoms with Crippen LogP contribution in [0.2, 0.25) is 0 Å². The van der Waals surface area contributed by atoms with E-state index in [9.17, 15) is 8.42 Å². The van der Waals surface area contributed by atoms with Gasteiger partial charge in [-0.2, -0.15) is 0 Å². The van der Waals surface area contributed by atoms with Crippen LogP contribution in [-0.4, -0.2) is 73.4 Å². The molecule has 0 aliphatic carbocycles. The number of aromatic nitrogens is 3. The number of para-hydroxylation sites is 1. The third-order valence-electron chi connectivity index (χ3n) is 7.32. The van der Waals surface area contributed by atoms with Gasteiger partial charge < -0.3 is 24.4 Å². The van der Waals surface area contributed by atoms with E-state index in [1.165, 1.54) is 0 Å². The number of fused-ring (bicyclic) bond motifs is 1. The van der Waals surface area contributed by atoms with Crippen LogP contribution in [0.25, 0.3) is 11.0 Å². The van der Waals surface area contributed by atoms with Crippen LogP contribution in [0.15, 0.2) is 59.6 Å². The van der Waals surface area contributed by atoms with Gasteiger partial charge in [-0.3, -0.25) is 0 Å². The molecule has 0 amide bonds. The summed E-state index contributed by atoms with van der Waals surface area (Å²) in [5.74, 6) is 1.97. The summed E-state index contributed by atoms with van der Waals surface area (Å²) in [6.07, 6.45) is 2.40. The number of hydrogen-bond acceptors (Lipinski definition) is 8. The average molecular weight is 549 g/mol. The number of anilines is 3. The van der Waals surface area contributed by atoms with Gasteiger partial charge in [-0.1, -0.05) is 18.2 Å². The number of ether oxygens (including phenoxy) is 1. The predicted octanol–water partition coefficient (Wildman–Crippen LogP) is 4.25. The van der Waals surface area contributed by atoms with Crippen molar-refractivity contribution in [3.63, 3.8) is 0 Å². The van der Waals surface area contributed by atoms with Gasteiger partial charge in [0.05, 0.1) is 28.5 Å². The van der Waals surface area contributed by atoms with Crippen LogP contribution in [0.1, 0.15) is 25.2 Å². The quantitative estimate of drug-likeness (QED) is 0.350. The molecule has 1 aliphatic rings. The fourth-order valence-electron chi connectivity index (χ4n) is 4.92. The zero-order chi connectivity index (χ0) is 27.7. The third kappa shape index (κ3) is 5.44. The van der Waals surface area contributed by atoms with Crippen molar-refractivity contribution in [2.75, 3.05) is 50.6 Å². The number of hydrogen-bond donors (Lipinski definition) is 1. The van der Waals surface area contributed by atoms with Crippen molar-refractivity contribution in [1.82, 2.24) is 19.4 Å². The Morgan fingerprint density at radius 3 is 2.46 bits per heavy atom. The van der Waals surface area contributed by atoms with Crippen LogP contribution < -0.4 is 15.0 Å². The van der Waals surface area contributed by atoms with Gasteiger partial charge in [-0.05, 0) is 45.2 Å². The number of nitrogens with one attached hydrogen (secondary N) is 1. The first-order valence-electron chi connectivity index (χ1n) is 13.2. The minimum atomic E-state index is -3.50. The molecule has 0 bridgehead atoms. The van der Waals surface area contributed by atoms with E-state index in [1.54, 1.807) is 39.2 Å². The summed E-state index contributed by atoms with van der Waals surface area (Å²) in [5, 5.41) is 2.78. The normalized spacial score (nSPS) is 14.8. The van der Waals surface area contributed by atoms with Gasteiger partial charge in [0, 0.05) is 63.2 Å². The number of methoxy groups -OCH3 is 1. The molecule has 0 unspecified atom stereocenters. The summed E-state index contributed by atoms with van der Waals surface area (Å²) in [4.78, 5) is 14.7. The SMILES string of the molecule is COc1cc(N2CCN(C)CC2)ccc1Cc1nc(Nc2ccccc2S(=O)(=O)C(C)C)c2c(ccn2C)n1. The molecule has 1 fully saturated rings. The summed E-state index contributed by atoms with van der Waals surface area (Å²) < 4.78 is 33.8. The van der Waals surface area contributed by atoms with Crippen molar-refractivity contribution in [3.05, 3.63) is 66.1 Å². The maximum atomic E-state index is 13.1. The van der Waals surface area contributed by atoms with Crippen LogP contribution in [0, 0.1) is 0 Å². The van der Waals surface area contributed by atoms with Gasteiger partial charge in [0.15, 0.2) is 15.7 Å². The highest BCUT2D eigenvalue weighted by molar-refractivity contribution is 7.92. The highest BCUT2D eigenvalue weighted by Gasteiger charge is 2.24. The largest absolute Gasteiger partial charge is 0.496 e. The Labute approximate surface area is 230 Å². The molecule has 1 N–H and O–H groups in total. The van der Waals surface area contributed by atoms with E-state index < -0.39 is 15.1 Å². The lowest BCUT2D eigenvalue weighted by Gasteiger charge is -2.34. The zero-order valence-corrected chi connectivity index (χ0v) is 24.0. The Morgan fingerprint density at radius 1 is 1.00 bits per heavy atom. The van der Waals surface area contributed by atoms with Crippen molar-refractivity contribution in [3.8, 4) is 5.75 Å². The molecule has 0 radical (unpaired) electrons. The summed E-state index contributed by atoms with van der Waals surface area (Å²) in [6, 6.07) is 15.2. The molecule has 2 aromatic heterocycles. The van der Waals surface area contributed by atoms with Gasteiger partial charge in [-0.15, -0.1) is 0 Å². The topological polar surface area (TPSA) is 92.6 Å². The Morgan fingerprint density at radius 2 is 1.74 bits per heavy atom. The molecule has 2 aromatic carbocycles. The van der Waals surface area contributed by atoms with Crippen LogP contribution in [0.4, 0.5) is 17.2 Å². The smallest absolute Gasteiger partial charge is 0.182 e. The van der Waals surface area contributed by atoms with E-state index in [2.05, 4.69) is 40.4 Å². The minimum absolute atomic E-state index is 0.253. The Bertz CT molecular complexity index is 1590. The van der Waals surface area contributed by atoms with Crippen molar-refractivity contribution in [2.45, 2.75) is 30.4 Å². The molecule has 0 saturated carbocycles. The summed E-state index contributed by atoms with van der Waals surface area (Å²) >= 11 is 0. The van der Waals surface area contributed by atoms with Crippen molar-refractivity contribution >= 4 is 38.1 Å². The number of benzene rings is 2. The highest BCUT2D eigenvalue weighted by atomic mass is 32.2. The highest BCUT2D eigenvalue weighted by Crippen LogP contribution is 2.32. The Hall–Kier alpha value is -3.63. The van der Waals surface area contributed by atoms with Crippen LogP contribution in [0.3, 0.4) is 0 Å². The third-order valence-corrected chi connectivity index (χ3v) is 9.53. The van der Waals surface area contributed by atoms with Crippen LogP contribution >= 0.6 is 0 Å². The van der Waals surface area contributed by atoms with Gasteiger partial charge in [0.2, 0.25) is 0 Å². The Balaban J connectivity index is 1.49. The summed E-state index contributed by atoms with van der Waals surface area (Å²) in [6.45, 7) is 7.41. The minimum Gasteiger partial charge on any atom is -0.496 e. The van der Waals surface area contributed by atoms with E-state index in [-0.39, 0.29) is 4.90 Å². The van der Waals surface area contributed by atoms with Gasteiger partial charge in [-0.25, -0.2) is 18.4 Å². The lowest BCUT2D eigenvalue weighted by Crippen LogP contribution is -2.44. The fourth-order valence-corrected chi connectivity index (χ4v) is 6.12. The van der Waals surface area contributed by atoms with E-state index in [4.69, 9.17) is 14.7 Å². The number of nitrogens with zero attached hydrogens (tertiary/aromatic N) is 5. The van der Waals surface area contributed by atoms with Crippen molar-refractivity contribution in [2.24, 2.45) is 7.05 Å². The molecule has 0 spiro atoms. The first-order chi connectivity index (χ1) is 18.7. The predicted molar refractivity (Wildman–Crippen MR) is 156 cm³/mol. The van der Waals surface area contributed by atoms with Crippen molar-refractivity contribution in [1.29, 1.82) is 0 Å². The summed E-state index contributed by atoms with van der Waals surface area (Å²) in [5.41, 5.74) is 4.20. The van der Waals surface area contributed by atoms with E-state index in [1.807, 2.05) is 29.9 Å². The molecule has 3 heterocycles. The lowest BCUT2D eigenvalue weighted by molar-refractivity contribution is 0.312. The van der Waals surface area contributed by atoms with Crippen LogP contribution in [-0.2, 0) is 23.3 Å². The molecule has 1 saturated heterocycles. The maximum absolute atomic E-state index is 13.1. The van der Waals surface area contributed by atoms with Gasteiger partial charge in [0.1, 0.15) is 17.1 Å².